The Morgan fingerprint density at radius 1 is 1.62 bits per heavy atom. The van der Waals surface area contributed by atoms with Gasteiger partial charge < -0.3 is 15.8 Å². The molecule has 1 aromatic rings. The van der Waals surface area contributed by atoms with Gasteiger partial charge in [0.05, 0.1) is 16.0 Å². The Hall–Kier alpha value is -1.86. The number of hydrogen-bond acceptors (Lipinski definition) is 5. The summed E-state index contributed by atoms with van der Waals surface area (Å²) in [5.41, 5.74) is 4.53. The zero-order valence-corrected chi connectivity index (χ0v) is 12.2. The summed E-state index contributed by atoms with van der Waals surface area (Å²) in [6, 6.07) is 4.01. The van der Waals surface area contributed by atoms with E-state index >= 15 is 0 Å². The fraction of sp³-hybridized carbons (Fsp3) is 0.462. The number of carbonyl (C=O) groups is 1. The van der Waals surface area contributed by atoms with Crippen molar-refractivity contribution >= 4 is 23.2 Å². The number of benzene rings is 1. The largest absolute Gasteiger partial charge is 0.489 e. The van der Waals surface area contributed by atoms with Crippen LogP contribution in [0.4, 0.5) is 5.69 Å². The van der Waals surface area contributed by atoms with Gasteiger partial charge in [-0.15, -0.1) is 0 Å². The number of ether oxygens (including phenoxy) is 1. The van der Waals surface area contributed by atoms with E-state index in [1.165, 1.54) is 18.2 Å². The smallest absolute Gasteiger partial charge is 0.273 e. The lowest BCUT2D eigenvalue weighted by molar-refractivity contribution is -0.384. The molecular weight excluding hydrogens is 298 g/mol. The molecule has 0 radical (unpaired) electrons. The zero-order chi connectivity index (χ0) is 15.6. The Kier molecular flexibility index (Phi) is 4.34. The van der Waals surface area contributed by atoms with Gasteiger partial charge in [-0.1, -0.05) is 11.6 Å². The van der Waals surface area contributed by atoms with Crippen LogP contribution in [0.2, 0.25) is 5.02 Å². The van der Waals surface area contributed by atoms with Crippen LogP contribution in [0.25, 0.3) is 0 Å². The minimum atomic E-state index is -0.794. The van der Waals surface area contributed by atoms with E-state index in [0.717, 1.165) is 0 Å². The molecule has 0 aliphatic heterocycles. The summed E-state index contributed by atoms with van der Waals surface area (Å²) in [6.45, 7) is 0. The molecule has 21 heavy (non-hydrogen) atoms. The number of primary amides is 1. The van der Waals surface area contributed by atoms with E-state index in [9.17, 15) is 14.9 Å². The van der Waals surface area contributed by atoms with Gasteiger partial charge in [-0.25, -0.2) is 0 Å². The molecule has 1 saturated carbocycles. The summed E-state index contributed by atoms with van der Waals surface area (Å²) in [5.74, 6) is -0.187. The Morgan fingerprint density at radius 3 is 2.86 bits per heavy atom. The lowest BCUT2D eigenvalue weighted by Gasteiger charge is -2.24. The van der Waals surface area contributed by atoms with Gasteiger partial charge in [0.15, 0.2) is 0 Å². The molecule has 0 saturated heterocycles. The second-order valence-corrected chi connectivity index (χ2v) is 5.46. The van der Waals surface area contributed by atoms with Crippen molar-refractivity contribution in [1.82, 2.24) is 5.32 Å². The number of nitro groups is 1. The van der Waals surface area contributed by atoms with Crippen molar-refractivity contribution in [3.8, 4) is 5.75 Å². The molecule has 0 bridgehead atoms. The lowest BCUT2D eigenvalue weighted by atomic mass is 9.97. The molecule has 7 nitrogen and oxygen atoms in total. The highest BCUT2D eigenvalue weighted by Crippen LogP contribution is 2.36. The second-order valence-electron chi connectivity index (χ2n) is 5.05. The van der Waals surface area contributed by atoms with Crippen molar-refractivity contribution in [3.05, 3.63) is 33.3 Å². The van der Waals surface area contributed by atoms with Gasteiger partial charge in [0.2, 0.25) is 5.91 Å². The normalized spacial score (nSPS) is 24.8. The number of amides is 1. The van der Waals surface area contributed by atoms with Crippen LogP contribution >= 0.6 is 11.6 Å². The molecule has 8 heteroatoms. The Balaban J connectivity index is 2.15. The predicted molar refractivity (Wildman–Crippen MR) is 77.4 cm³/mol. The van der Waals surface area contributed by atoms with E-state index in [4.69, 9.17) is 22.1 Å². The predicted octanol–water partition coefficient (Wildman–Crippen LogP) is 1.62. The lowest BCUT2D eigenvalue weighted by Crippen LogP contribution is -2.52. The third kappa shape index (κ3) is 3.08. The fourth-order valence-corrected chi connectivity index (χ4v) is 2.71. The van der Waals surface area contributed by atoms with Crippen LogP contribution in [0.5, 0.6) is 5.75 Å². The van der Waals surface area contributed by atoms with Crippen LogP contribution in [0.3, 0.4) is 0 Å². The molecule has 0 heterocycles. The first kappa shape index (κ1) is 15.5. The summed E-state index contributed by atoms with van der Waals surface area (Å²) in [4.78, 5) is 21.8. The average Bonchev–Trinajstić information content (AvgIpc) is 2.85. The number of nitro benzene ring substituents is 1. The molecule has 1 aliphatic rings. The van der Waals surface area contributed by atoms with E-state index in [1.54, 1.807) is 7.05 Å². The van der Waals surface area contributed by atoms with Crippen molar-refractivity contribution in [3.63, 3.8) is 0 Å². The summed E-state index contributed by atoms with van der Waals surface area (Å²) in [5, 5.41) is 14.0. The first-order valence-electron chi connectivity index (χ1n) is 6.47. The standard InChI is InChI=1S/C13H16ClN3O4/c1-16-13(12(15)18)5-4-9(7-13)21-11-6-8(17(19)20)2-3-10(11)14/h2-3,6,9,16H,4-5,7H2,1H3,(H2,15,18). The summed E-state index contributed by atoms with van der Waals surface area (Å²) in [6.07, 6.45) is 1.29. The summed E-state index contributed by atoms with van der Waals surface area (Å²) in [7, 11) is 1.67. The minimum Gasteiger partial charge on any atom is -0.489 e. The number of nitrogens with zero attached hydrogens (tertiary/aromatic N) is 1. The van der Waals surface area contributed by atoms with Crippen molar-refractivity contribution in [1.29, 1.82) is 0 Å². The summed E-state index contributed by atoms with van der Waals surface area (Å²) < 4.78 is 5.72. The van der Waals surface area contributed by atoms with Crippen LogP contribution in [-0.4, -0.2) is 29.5 Å². The monoisotopic (exact) mass is 313 g/mol. The van der Waals surface area contributed by atoms with Crippen molar-refractivity contribution in [2.75, 3.05) is 7.05 Å². The van der Waals surface area contributed by atoms with Gasteiger partial charge in [-0.3, -0.25) is 14.9 Å². The molecule has 3 N–H and O–H groups in total. The van der Waals surface area contributed by atoms with E-state index in [1.807, 2.05) is 0 Å². The van der Waals surface area contributed by atoms with E-state index in [2.05, 4.69) is 5.32 Å². The number of nitrogens with one attached hydrogen (secondary N) is 1. The van der Waals surface area contributed by atoms with Crippen LogP contribution in [0.1, 0.15) is 19.3 Å². The van der Waals surface area contributed by atoms with Crippen LogP contribution in [0, 0.1) is 10.1 Å². The molecule has 114 valence electrons. The first-order valence-corrected chi connectivity index (χ1v) is 6.85. The highest BCUT2D eigenvalue weighted by molar-refractivity contribution is 6.32. The topological polar surface area (TPSA) is 107 Å². The number of likely N-dealkylation sites (N-methyl/N-ethyl adjacent to an activating group) is 1. The van der Waals surface area contributed by atoms with E-state index in [0.29, 0.717) is 24.3 Å². The molecule has 1 aliphatic carbocycles. The summed E-state index contributed by atoms with van der Waals surface area (Å²) >= 11 is 5.99. The highest BCUT2D eigenvalue weighted by atomic mass is 35.5. The van der Waals surface area contributed by atoms with Gasteiger partial charge in [-0.2, -0.15) is 0 Å². The van der Waals surface area contributed by atoms with Gasteiger partial charge >= 0.3 is 0 Å². The molecule has 2 atom stereocenters. The van der Waals surface area contributed by atoms with Crippen LogP contribution < -0.4 is 15.8 Å². The van der Waals surface area contributed by atoms with Crippen molar-refractivity contribution < 1.29 is 14.5 Å². The SMILES string of the molecule is CNC1(C(N)=O)CCC(Oc2cc([N+](=O)[O-])ccc2Cl)C1. The van der Waals surface area contributed by atoms with Crippen molar-refractivity contribution in [2.45, 2.75) is 30.9 Å². The number of rotatable bonds is 5. The van der Waals surface area contributed by atoms with Crippen molar-refractivity contribution in [2.24, 2.45) is 5.73 Å². The van der Waals surface area contributed by atoms with E-state index in [-0.39, 0.29) is 17.5 Å². The van der Waals surface area contributed by atoms with Gasteiger partial charge in [0.1, 0.15) is 17.4 Å². The maximum atomic E-state index is 11.6. The van der Waals surface area contributed by atoms with Gasteiger partial charge in [0.25, 0.3) is 5.69 Å². The fourth-order valence-electron chi connectivity index (χ4n) is 2.55. The quantitative estimate of drug-likeness (QED) is 0.634. The Bertz CT molecular complexity index is 581. The Morgan fingerprint density at radius 2 is 2.33 bits per heavy atom. The average molecular weight is 314 g/mol. The van der Waals surface area contributed by atoms with Crippen LogP contribution in [-0.2, 0) is 4.79 Å². The molecule has 2 rings (SSSR count). The number of halogens is 1. The minimum absolute atomic E-state index is 0.0952. The number of nitrogens with two attached hydrogens (primary N) is 1. The molecule has 0 aromatic heterocycles. The number of hydrogen-bond donors (Lipinski definition) is 2. The van der Waals surface area contributed by atoms with Gasteiger partial charge in [0, 0.05) is 12.5 Å². The molecule has 1 aromatic carbocycles. The number of non-ortho nitro benzene ring substituents is 1. The first-order chi connectivity index (χ1) is 9.88. The molecule has 1 fully saturated rings. The highest BCUT2D eigenvalue weighted by Gasteiger charge is 2.44. The second kappa shape index (κ2) is 5.87. The zero-order valence-electron chi connectivity index (χ0n) is 11.5. The molecular formula is C13H16ClN3O4. The maximum absolute atomic E-state index is 11.6. The Labute approximate surface area is 126 Å². The molecule has 0 spiro atoms. The van der Waals surface area contributed by atoms with Gasteiger partial charge in [-0.05, 0) is 26.0 Å². The number of carbonyl (C=O) groups excluding carboxylic acids is 1. The van der Waals surface area contributed by atoms with Crippen LogP contribution in [0.15, 0.2) is 18.2 Å². The third-order valence-electron chi connectivity index (χ3n) is 3.84. The molecule has 2 unspecified atom stereocenters. The maximum Gasteiger partial charge on any atom is 0.273 e. The third-order valence-corrected chi connectivity index (χ3v) is 4.15. The van der Waals surface area contributed by atoms with E-state index < -0.39 is 16.4 Å². The molecule has 1 amide bonds.